The maximum Gasteiger partial charge on any atom is 0.143 e. The van der Waals surface area contributed by atoms with Gasteiger partial charge in [-0.3, -0.25) is 0 Å². The average molecular weight is 527 g/mol. The Morgan fingerprint density at radius 1 is 0.537 bits per heavy atom. The topological polar surface area (TPSA) is 23.0 Å². The molecule has 0 radical (unpaired) electrons. The number of hydrogen-bond donors (Lipinski definition) is 0. The van der Waals surface area contributed by atoms with E-state index in [-0.39, 0.29) is 0 Å². The van der Waals surface area contributed by atoms with E-state index in [2.05, 4.69) is 131 Å². The molecule has 9 aromatic rings. The van der Waals surface area contributed by atoms with Crippen LogP contribution in [0.1, 0.15) is 6.92 Å². The number of aromatic nitrogens is 2. The Kier molecular flexibility index (Phi) is 4.59. The van der Waals surface area contributed by atoms with E-state index < -0.39 is 0 Å². The van der Waals surface area contributed by atoms with Crippen LogP contribution in [0.3, 0.4) is 0 Å². The molecule has 6 aromatic carbocycles. The van der Waals surface area contributed by atoms with Gasteiger partial charge in [0.25, 0.3) is 0 Å². The molecule has 0 atom stereocenters. The molecule has 0 amide bonds. The van der Waals surface area contributed by atoms with Crippen molar-refractivity contribution < 1.29 is 4.42 Å². The molecule has 0 fully saturated rings. The van der Waals surface area contributed by atoms with E-state index in [4.69, 9.17) is 4.42 Å². The van der Waals surface area contributed by atoms with Gasteiger partial charge in [-0.25, -0.2) is 0 Å². The highest BCUT2D eigenvalue weighted by Crippen LogP contribution is 2.41. The number of hydrogen-bond acceptors (Lipinski definition) is 1. The van der Waals surface area contributed by atoms with Crippen LogP contribution in [0, 0.1) is 0 Å². The monoisotopic (exact) mass is 526 g/mol. The lowest BCUT2D eigenvalue weighted by Crippen LogP contribution is -1.99. The highest BCUT2D eigenvalue weighted by Gasteiger charge is 2.20. The fraction of sp³-hybridized carbons (Fsp3) is 0.0526. The number of benzene rings is 6. The van der Waals surface area contributed by atoms with Crippen molar-refractivity contribution in [3.8, 4) is 16.8 Å². The van der Waals surface area contributed by atoms with Gasteiger partial charge in [0, 0.05) is 55.6 Å². The fourth-order valence-corrected chi connectivity index (χ4v) is 6.97. The zero-order valence-electron chi connectivity index (χ0n) is 22.6. The van der Waals surface area contributed by atoms with Crippen molar-refractivity contribution in [3.05, 3.63) is 127 Å². The fourth-order valence-electron chi connectivity index (χ4n) is 6.97. The molecule has 41 heavy (non-hydrogen) atoms. The van der Waals surface area contributed by atoms with Crippen molar-refractivity contribution in [2.75, 3.05) is 0 Å². The molecule has 0 saturated carbocycles. The van der Waals surface area contributed by atoms with Gasteiger partial charge in [-0.05, 0) is 42.8 Å². The van der Waals surface area contributed by atoms with Gasteiger partial charge in [0.05, 0.1) is 16.6 Å². The van der Waals surface area contributed by atoms with E-state index in [1.54, 1.807) is 0 Å². The molecular weight excluding hydrogens is 500 g/mol. The van der Waals surface area contributed by atoms with E-state index >= 15 is 0 Å². The minimum absolute atomic E-state index is 0.902. The first kappa shape index (κ1) is 22.5. The Labute approximate surface area is 236 Å². The van der Waals surface area contributed by atoms with E-state index in [0.717, 1.165) is 45.3 Å². The second-order valence-corrected chi connectivity index (χ2v) is 10.8. The standard InChI is InChI=1S/C38H26N2O/c1-2-39-33-18-6-3-13-27(33)30-21-22-31-28-14-4-7-19-34(28)40(37(31)36(30)39)25-12-9-11-24(23-25)26-16-10-17-32-29-15-5-8-20-35(29)41-38(26)32/h3-23H,2H2,1H3. The maximum atomic E-state index is 6.42. The molecule has 0 N–H and O–H groups in total. The number of para-hydroxylation sites is 4. The van der Waals surface area contributed by atoms with Crippen molar-refractivity contribution in [1.29, 1.82) is 0 Å². The number of aryl methyl sites for hydroxylation is 1. The van der Waals surface area contributed by atoms with Crippen molar-refractivity contribution in [1.82, 2.24) is 9.13 Å². The first-order valence-corrected chi connectivity index (χ1v) is 14.3. The van der Waals surface area contributed by atoms with Crippen LogP contribution in [0.25, 0.3) is 82.4 Å². The third kappa shape index (κ3) is 3.03. The lowest BCUT2D eigenvalue weighted by molar-refractivity contribution is 0.670. The van der Waals surface area contributed by atoms with Gasteiger partial charge in [0.1, 0.15) is 11.2 Å². The van der Waals surface area contributed by atoms with Crippen molar-refractivity contribution in [3.63, 3.8) is 0 Å². The number of nitrogens with zero attached hydrogens (tertiary/aromatic N) is 2. The molecular formula is C38H26N2O. The van der Waals surface area contributed by atoms with Crippen LogP contribution in [-0.2, 0) is 6.54 Å². The molecule has 3 heterocycles. The molecule has 3 aromatic heterocycles. The van der Waals surface area contributed by atoms with Gasteiger partial charge in [-0.2, -0.15) is 0 Å². The molecule has 9 rings (SSSR count). The Bertz CT molecular complexity index is 2470. The third-order valence-corrected chi connectivity index (χ3v) is 8.70. The first-order chi connectivity index (χ1) is 20.3. The SMILES string of the molecule is CCn1c2ccccc2c2ccc3c4ccccc4n(-c4cccc(-c5cccc6c5oc5ccccc56)c4)c3c21. The highest BCUT2D eigenvalue weighted by atomic mass is 16.3. The first-order valence-electron chi connectivity index (χ1n) is 14.3. The van der Waals surface area contributed by atoms with Gasteiger partial charge < -0.3 is 13.6 Å². The predicted octanol–water partition coefficient (Wildman–Crippen LogP) is 10.5. The van der Waals surface area contributed by atoms with E-state index in [1.165, 1.54) is 43.6 Å². The van der Waals surface area contributed by atoms with Crippen LogP contribution in [0.5, 0.6) is 0 Å². The van der Waals surface area contributed by atoms with Crippen LogP contribution in [0.4, 0.5) is 0 Å². The van der Waals surface area contributed by atoms with Crippen LogP contribution in [-0.4, -0.2) is 9.13 Å². The van der Waals surface area contributed by atoms with Crippen LogP contribution in [0.2, 0.25) is 0 Å². The molecule has 0 unspecified atom stereocenters. The Hall–Kier alpha value is -5.28. The molecule has 194 valence electrons. The van der Waals surface area contributed by atoms with Crippen LogP contribution in [0.15, 0.2) is 132 Å². The second-order valence-electron chi connectivity index (χ2n) is 10.8. The smallest absolute Gasteiger partial charge is 0.143 e. The van der Waals surface area contributed by atoms with Gasteiger partial charge >= 0.3 is 0 Å². The summed E-state index contributed by atoms with van der Waals surface area (Å²) in [4.78, 5) is 0. The summed E-state index contributed by atoms with van der Waals surface area (Å²) in [7, 11) is 0. The summed E-state index contributed by atoms with van der Waals surface area (Å²) < 4.78 is 11.4. The summed E-state index contributed by atoms with van der Waals surface area (Å²) in [5.74, 6) is 0. The van der Waals surface area contributed by atoms with Crippen molar-refractivity contribution >= 4 is 65.6 Å². The number of rotatable bonds is 3. The van der Waals surface area contributed by atoms with Crippen LogP contribution >= 0.6 is 0 Å². The third-order valence-electron chi connectivity index (χ3n) is 8.70. The summed E-state index contributed by atoms with van der Waals surface area (Å²) >= 11 is 0. The minimum atomic E-state index is 0.902. The van der Waals surface area contributed by atoms with Gasteiger partial charge in [-0.1, -0.05) is 97.1 Å². The summed E-state index contributed by atoms with van der Waals surface area (Å²) in [6, 6.07) is 45.8. The van der Waals surface area contributed by atoms with E-state index in [0.29, 0.717) is 0 Å². The Balaban J connectivity index is 1.39. The number of fused-ring (bicyclic) bond motifs is 10. The summed E-state index contributed by atoms with van der Waals surface area (Å²) in [6.07, 6.45) is 0. The molecule has 0 aliphatic carbocycles. The molecule has 0 saturated heterocycles. The largest absolute Gasteiger partial charge is 0.455 e. The zero-order valence-corrected chi connectivity index (χ0v) is 22.6. The minimum Gasteiger partial charge on any atom is -0.455 e. The van der Waals surface area contributed by atoms with Gasteiger partial charge in [0.2, 0.25) is 0 Å². The van der Waals surface area contributed by atoms with Crippen LogP contribution < -0.4 is 0 Å². The van der Waals surface area contributed by atoms with E-state index in [1.807, 2.05) is 12.1 Å². The van der Waals surface area contributed by atoms with Gasteiger partial charge in [0.15, 0.2) is 0 Å². The summed E-state index contributed by atoms with van der Waals surface area (Å²) in [5, 5.41) is 7.43. The second kappa shape index (κ2) is 8.36. The van der Waals surface area contributed by atoms with Crippen molar-refractivity contribution in [2.24, 2.45) is 0 Å². The molecule has 0 aliphatic rings. The Morgan fingerprint density at radius 2 is 1.20 bits per heavy atom. The molecule has 0 aliphatic heterocycles. The van der Waals surface area contributed by atoms with Gasteiger partial charge in [-0.15, -0.1) is 0 Å². The van der Waals surface area contributed by atoms with Crippen molar-refractivity contribution in [2.45, 2.75) is 13.5 Å². The normalized spacial score (nSPS) is 12.1. The molecule has 0 bridgehead atoms. The predicted molar refractivity (Wildman–Crippen MR) is 172 cm³/mol. The molecule has 3 heteroatoms. The zero-order chi connectivity index (χ0) is 27.1. The average Bonchev–Trinajstić information content (AvgIpc) is 3.68. The lowest BCUT2D eigenvalue weighted by Gasteiger charge is -2.13. The van der Waals surface area contributed by atoms with E-state index in [9.17, 15) is 0 Å². The quantitative estimate of drug-likeness (QED) is 0.225. The maximum absolute atomic E-state index is 6.42. The Morgan fingerprint density at radius 3 is 2.02 bits per heavy atom. The highest BCUT2D eigenvalue weighted by molar-refractivity contribution is 6.23. The summed E-state index contributed by atoms with van der Waals surface area (Å²) in [6.45, 7) is 3.14. The summed E-state index contributed by atoms with van der Waals surface area (Å²) in [5.41, 5.74) is 10.3. The molecule has 0 spiro atoms. The lowest BCUT2D eigenvalue weighted by atomic mass is 10.0. The number of furan rings is 1. The molecule has 3 nitrogen and oxygen atoms in total.